The molecule has 0 atom stereocenters. The van der Waals surface area contributed by atoms with Crippen LogP contribution in [0.5, 0.6) is 0 Å². The number of halogens is 2. The highest BCUT2D eigenvalue weighted by Gasteiger charge is 2.20. The summed E-state index contributed by atoms with van der Waals surface area (Å²) >= 11 is 12.2. The van der Waals surface area contributed by atoms with Gasteiger partial charge in [-0.2, -0.15) is 0 Å². The van der Waals surface area contributed by atoms with Crippen LogP contribution in [0.25, 0.3) is 0 Å². The molecule has 0 unspecified atom stereocenters. The first kappa shape index (κ1) is 20.0. The van der Waals surface area contributed by atoms with E-state index in [2.05, 4.69) is 5.32 Å². The first-order chi connectivity index (χ1) is 11.3. The molecule has 0 saturated carbocycles. The Morgan fingerprint density at radius 2 is 1.75 bits per heavy atom. The summed E-state index contributed by atoms with van der Waals surface area (Å²) in [4.78, 5) is 35.2. The fraction of sp³-hybridized carbons (Fsp3) is 0.312. The van der Waals surface area contributed by atoms with Gasteiger partial charge in [-0.25, -0.2) is 9.59 Å². The lowest BCUT2D eigenvalue weighted by Crippen LogP contribution is -2.15. The third-order valence-electron chi connectivity index (χ3n) is 2.82. The normalized spacial score (nSPS) is 11.0. The third-order valence-corrected chi connectivity index (χ3v) is 3.52. The molecule has 8 heteroatoms. The zero-order valence-corrected chi connectivity index (χ0v) is 15.0. The van der Waals surface area contributed by atoms with E-state index in [4.69, 9.17) is 32.7 Å². The zero-order valence-electron chi connectivity index (χ0n) is 13.4. The molecule has 0 amide bonds. The van der Waals surface area contributed by atoms with E-state index >= 15 is 0 Å². The predicted molar refractivity (Wildman–Crippen MR) is 91.4 cm³/mol. The summed E-state index contributed by atoms with van der Waals surface area (Å²) in [7, 11) is 0. The Kier molecular flexibility index (Phi) is 7.74. The molecular weight excluding hydrogens is 357 g/mol. The van der Waals surface area contributed by atoms with Crippen molar-refractivity contribution in [2.45, 2.75) is 20.8 Å². The van der Waals surface area contributed by atoms with E-state index in [1.165, 1.54) is 25.3 Å². The fourth-order valence-electron chi connectivity index (χ4n) is 1.72. The van der Waals surface area contributed by atoms with Gasteiger partial charge in [-0.3, -0.25) is 4.79 Å². The first-order valence-electron chi connectivity index (χ1n) is 7.13. The number of Topliss-reactive ketones (excluding diaryl/α,β-unsaturated/α-hetero) is 1. The number of carbonyl (C=O) groups is 3. The molecule has 0 aliphatic rings. The van der Waals surface area contributed by atoms with Gasteiger partial charge in [0, 0.05) is 6.20 Å². The highest BCUT2D eigenvalue weighted by Crippen LogP contribution is 2.32. The quantitative estimate of drug-likeness (QED) is 0.340. The van der Waals surface area contributed by atoms with Crippen molar-refractivity contribution in [3.05, 3.63) is 39.5 Å². The molecule has 6 nitrogen and oxygen atoms in total. The molecule has 130 valence electrons. The SMILES string of the molecule is CCOC(=O)C(=CNc1ccc(Cl)c(C(=O)OCC)c1Cl)C(C)=O. The van der Waals surface area contributed by atoms with Crippen LogP contribution in [0.15, 0.2) is 23.9 Å². The van der Waals surface area contributed by atoms with Crippen molar-refractivity contribution in [3.63, 3.8) is 0 Å². The second kappa shape index (κ2) is 9.30. The number of nitrogens with one attached hydrogen (secondary N) is 1. The van der Waals surface area contributed by atoms with E-state index < -0.39 is 17.7 Å². The number of benzene rings is 1. The third kappa shape index (κ3) is 4.97. The van der Waals surface area contributed by atoms with Crippen LogP contribution in [-0.2, 0) is 19.1 Å². The smallest absolute Gasteiger partial charge is 0.343 e. The Balaban J connectivity index is 3.17. The standard InChI is InChI=1S/C16H17Cl2NO5/c1-4-23-15(21)10(9(3)20)8-19-12-7-6-11(17)13(14(12)18)16(22)24-5-2/h6-8,19H,4-5H2,1-3H3. The monoisotopic (exact) mass is 373 g/mol. The Labute approximate surface area is 149 Å². The van der Waals surface area contributed by atoms with Crippen LogP contribution < -0.4 is 5.32 Å². The minimum Gasteiger partial charge on any atom is -0.462 e. The minimum atomic E-state index is -0.756. The van der Waals surface area contributed by atoms with E-state index in [1.807, 2.05) is 0 Å². The van der Waals surface area contributed by atoms with Crippen molar-refractivity contribution < 1.29 is 23.9 Å². The second-order valence-electron chi connectivity index (χ2n) is 4.48. The largest absolute Gasteiger partial charge is 0.462 e. The van der Waals surface area contributed by atoms with Gasteiger partial charge in [-0.15, -0.1) is 0 Å². The van der Waals surface area contributed by atoms with Gasteiger partial charge in [0.15, 0.2) is 5.78 Å². The van der Waals surface area contributed by atoms with Gasteiger partial charge in [0.2, 0.25) is 0 Å². The molecule has 0 aliphatic carbocycles. The van der Waals surface area contributed by atoms with Gasteiger partial charge in [-0.1, -0.05) is 23.2 Å². The lowest BCUT2D eigenvalue weighted by atomic mass is 10.1. The van der Waals surface area contributed by atoms with E-state index in [0.717, 1.165) is 0 Å². The summed E-state index contributed by atoms with van der Waals surface area (Å²) in [5.41, 5.74) is 0.104. The number of hydrogen-bond donors (Lipinski definition) is 1. The van der Waals surface area contributed by atoms with Gasteiger partial charge < -0.3 is 14.8 Å². The van der Waals surface area contributed by atoms with Crippen LogP contribution in [0.4, 0.5) is 5.69 Å². The van der Waals surface area contributed by atoms with Crippen LogP contribution in [0.3, 0.4) is 0 Å². The summed E-state index contributed by atoms with van der Waals surface area (Å²) in [6, 6.07) is 2.96. The lowest BCUT2D eigenvalue weighted by molar-refractivity contribution is -0.139. The van der Waals surface area contributed by atoms with E-state index in [1.54, 1.807) is 13.8 Å². The number of carbonyl (C=O) groups excluding carboxylic acids is 3. The highest BCUT2D eigenvalue weighted by molar-refractivity contribution is 6.41. The molecule has 0 radical (unpaired) electrons. The molecule has 1 N–H and O–H groups in total. The summed E-state index contributed by atoms with van der Waals surface area (Å²) in [6.45, 7) is 4.82. The van der Waals surface area contributed by atoms with Crippen LogP contribution in [0, 0.1) is 0 Å². The van der Waals surface area contributed by atoms with Gasteiger partial charge in [0.25, 0.3) is 0 Å². The fourth-order valence-corrected chi connectivity index (χ4v) is 2.30. The van der Waals surface area contributed by atoms with Crippen LogP contribution >= 0.6 is 23.2 Å². The van der Waals surface area contributed by atoms with Gasteiger partial charge in [-0.05, 0) is 32.9 Å². The maximum absolute atomic E-state index is 11.9. The Morgan fingerprint density at radius 3 is 2.29 bits per heavy atom. The van der Waals surface area contributed by atoms with Crippen LogP contribution in [-0.4, -0.2) is 30.9 Å². The van der Waals surface area contributed by atoms with E-state index in [-0.39, 0.29) is 40.1 Å². The molecule has 1 aromatic carbocycles. The van der Waals surface area contributed by atoms with E-state index in [0.29, 0.717) is 0 Å². The summed E-state index contributed by atoms with van der Waals surface area (Å²) in [6.07, 6.45) is 1.17. The Hall–Kier alpha value is -2.05. The molecule has 0 saturated heterocycles. The van der Waals surface area contributed by atoms with Crippen molar-refractivity contribution in [2.24, 2.45) is 0 Å². The average molecular weight is 374 g/mol. The molecule has 0 spiro atoms. The molecule has 1 aromatic rings. The predicted octanol–water partition coefficient (Wildman–Crippen LogP) is 3.62. The highest BCUT2D eigenvalue weighted by atomic mass is 35.5. The molecule has 0 fully saturated rings. The van der Waals surface area contributed by atoms with Crippen molar-refractivity contribution in [2.75, 3.05) is 18.5 Å². The minimum absolute atomic E-state index is 0.000840. The van der Waals surface area contributed by atoms with Gasteiger partial charge >= 0.3 is 11.9 Å². The van der Waals surface area contributed by atoms with Crippen LogP contribution in [0.1, 0.15) is 31.1 Å². The van der Waals surface area contributed by atoms with Gasteiger partial charge in [0.1, 0.15) is 5.57 Å². The Morgan fingerprint density at radius 1 is 1.12 bits per heavy atom. The van der Waals surface area contributed by atoms with Crippen molar-refractivity contribution in [1.82, 2.24) is 0 Å². The number of rotatable bonds is 7. The molecule has 24 heavy (non-hydrogen) atoms. The topological polar surface area (TPSA) is 81.7 Å². The first-order valence-corrected chi connectivity index (χ1v) is 7.88. The number of hydrogen-bond acceptors (Lipinski definition) is 6. The Bertz CT molecular complexity index is 685. The summed E-state index contributed by atoms with van der Waals surface area (Å²) < 4.78 is 9.70. The molecule has 0 aliphatic heterocycles. The number of ketones is 1. The second-order valence-corrected chi connectivity index (χ2v) is 5.27. The maximum atomic E-state index is 11.9. The molecule has 0 bridgehead atoms. The van der Waals surface area contributed by atoms with Crippen LogP contribution in [0.2, 0.25) is 10.0 Å². The number of ether oxygens (including phenoxy) is 2. The lowest BCUT2D eigenvalue weighted by Gasteiger charge is -2.11. The number of esters is 2. The maximum Gasteiger partial charge on any atom is 0.343 e. The molecular formula is C16H17Cl2NO5. The van der Waals surface area contributed by atoms with E-state index in [9.17, 15) is 14.4 Å². The number of anilines is 1. The molecule has 0 heterocycles. The van der Waals surface area contributed by atoms with Gasteiger partial charge in [0.05, 0.1) is 34.5 Å². The van der Waals surface area contributed by atoms with Crippen molar-refractivity contribution >= 4 is 46.6 Å². The molecule has 1 rings (SSSR count). The molecule has 0 aromatic heterocycles. The zero-order chi connectivity index (χ0) is 18.3. The summed E-state index contributed by atoms with van der Waals surface area (Å²) in [5.74, 6) is -1.90. The van der Waals surface area contributed by atoms with Crippen molar-refractivity contribution in [1.29, 1.82) is 0 Å². The summed E-state index contributed by atoms with van der Waals surface area (Å²) in [5, 5.41) is 2.86. The van der Waals surface area contributed by atoms with Crippen molar-refractivity contribution in [3.8, 4) is 0 Å². The average Bonchev–Trinajstić information content (AvgIpc) is 2.49.